The van der Waals surface area contributed by atoms with Crippen LogP contribution in [-0.2, 0) is 17.6 Å². The van der Waals surface area contributed by atoms with Crippen molar-refractivity contribution in [3.63, 3.8) is 0 Å². The van der Waals surface area contributed by atoms with Crippen LogP contribution in [0.2, 0.25) is 0 Å². The molecule has 0 N–H and O–H groups in total. The number of nitrogens with zero attached hydrogens (tertiary/aromatic N) is 4. The largest absolute Gasteiger partial charge is 0.352 e. The molecule has 5 rings (SSSR count). The Labute approximate surface area is 177 Å². The van der Waals surface area contributed by atoms with Gasteiger partial charge in [0, 0.05) is 42.9 Å². The Hall–Kier alpha value is -1.69. The number of thiophene rings is 1. The smallest absolute Gasteiger partial charge is 0.225 e. The first kappa shape index (κ1) is 19.3. The Morgan fingerprint density at radius 2 is 1.93 bits per heavy atom. The van der Waals surface area contributed by atoms with Gasteiger partial charge in [-0.2, -0.15) is 0 Å². The third-order valence-corrected chi connectivity index (χ3v) is 8.17. The van der Waals surface area contributed by atoms with Crippen molar-refractivity contribution in [3.8, 4) is 0 Å². The zero-order valence-corrected chi connectivity index (χ0v) is 18.7. The number of rotatable bonds is 4. The monoisotopic (exact) mass is 412 g/mol. The normalized spacial score (nSPS) is 23.3. The van der Waals surface area contributed by atoms with Crippen LogP contribution in [0.1, 0.15) is 68.6 Å². The number of hydrogen-bond donors (Lipinski definition) is 0. The molecule has 29 heavy (non-hydrogen) atoms. The van der Waals surface area contributed by atoms with Gasteiger partial charge in [-0.3, -0.25) is 4.79 Å². The minimum absolute atomic E-state index is 0.315. The zero-order valence-electron chi connectivity index (χ0n) is 17.9. The van der Waals surface area contributed by atoms with E-state index in [1.807, 2.05) is 11.3 Å². The van der Waals surface area contributed by atoms with Gasteiger partial charge in [0.2, 0.25) is 5.91 Å². The number of piperazine rings is 1. The predicted molar refractivity (Wildman–Crippen MR) is 119 cm³/mol. The molecule has 0 unspecified atom stereocenters. The summed E-state index contributed by atoms with van der Waals surface area (Å²) in [6.07, 6.45) is 6.81. The summed E-state index contributed by atoms with van der Waals surface area (Å²) in [5, 5.41) is 1.31. The Morgan fingerprint density at radius 1 is 1.17 bits per heavy atom. The lowest BCUT2D eigenvalue weighted by Gasteiger charge is -2.36. The molecule has 0 bridgehead atoms. The minimum atomic E-state index is 0.315. The van der Waals surface area contributed by atoms with E-state index >= 15 is 0 Å². The van der Waals surface area contributed by atoms with Crippen LogP contribution in [0.15, 0.2) is 0 Å². The van der Waals surface area contributed by atoms with Gasteiger partial charge < -0.3 is 9.80 Å². The summed E-state index contributed by atoms with van der Waals surface area (Å²) in [7, 11) is 0. The summed E-state index contributed by atoms with van der Waals surface area (Å²) in [4.78, 5) is 29.8. The third kappa shape index (κ3) is 3.54. The molecule has 3 aliphatic rings. The van der Waals surface area contributed by atoms with E-state index in [9.17, 15) is 4.79 Å². The molecular weight excluding hydrogens is 380 g/mol. The van der Waals surface area contributed by atoms with Gasteiger partial charge in [-0.1, -0.05) is 20.8 Å². The second-order valence-electron chi connectivity index (χ2n) is 9.33. The Bertz CT molecular complexity index is 927. The second-order valence-corrected chi connectivity index (χ2v) is 10.4. The van der Waals surface area contributed by atoms with Crippen molar-refractivity contribution in [3.05, 3.63) is 16.3 Å². The number of aryl methyl sites for hydroxylation is 1. The van der Waals surface area contributed by atoms with E-state index < -0.39 is 0 Å². The number of carbonyl (C=O) groups is 1. The van der Waals surface area contributed by atoms with Crippen molar-refractivity contribution in [1.82, 2.24) is 14.9 Å². The van der Waals surface area contributed by atoms with Crippen LogP contribution in [-0.4, -0.2) is 47.0 Å². The van der Waals surface area contributed by atoms with Gasteiger partial charge in [-0.25, -0.2) is 9.97 Å². The molecule has 1 saturated carbocycles. The van der Waals surface area contributed by atoms with Gasteiger partial charge in [0.25, 0.3) is 0 Å². The van der Waals surface area contributed by atoms with Crippen molar-refractivity contribution in [2.75, 3.05) is 31.1 Å². The van der Waals surface area contributed by atoms with Crippen LogP contribution in [0.4, 0.5) is 5.82 Å². The molecule has 2 aromatic heterocycles. The maximum atomic E-state index is 12.5. The standard InChI is InChI=1S/C23H32N4OS/c1-4-15(3)20-24-21(26-9-11-27(12-10-26)23(28)16-6-7-16)19-17-8-5-14(2)13-18(17)29-22(19)25-20/h14-16H,4-13H2,1-3H3/t14-,15+/m1/s1. The van der Waals surface area contributed by atoms with Crippen LogP contribution < -0.4 is 4.90 Å². The highest BCUT2D eigenvalue weighted by atomic mass is 32.1. The SMILES string of the molecule is CC[C@H](C)c1nc(N2CCN(C(=O)C3CC3)CC2)c2c3c(sc2n1)C[C@H](C)CC3. The Balaban J connectivity index is 1.50. The number of carbonyl (C=O) groups excluding carboxylic acids is 1. The Morgan fingerprint density at radius 3 is 2.62 bits per heavy atom. The summed E-state index contributed by atoms with van der Waals surface area (Å²) in [5.74, 6) is 3.94. The van der Waals surface area contributed by atoms with Crippen LogP contribution in [0.5, 0.6) is 0 Å². The van der Waals surface area contributed by atoms with Crippen molar-refractivity contribution in [2.45, 2.75) is 65.2 Å². The molecule has 1 aliphatic heterocycles. The van der Waals surface area contributed by atoms with E-state index in [0.29, 0.717) is 17.7 Å². The van der Waals surface area contributed by atoms with E-state index in [0.717, 1.165) is 69.4 Å². The number of aromatic nitrogens is 2. The molecule has 0 spiro atoms. The van der Waals surface area contributed by atoms with Crippen molar-refractivity contribution in [2.24, 2.45) is 11.8 Å². The minimum Gasteiger partial charge on any atom is -0.352 e. The lowest BCUT2D eigenvalue weighted by molar-refractivity contribution is -0.132. The van der Waals surface area contributed by atoms with E-state index in [1.54, 1.807) is 0 Å². The van der Waals surface area contributed by atoms with E-state index in [4.69, 9.17) is 9.97 Å². The highest BCUT2D eigenvalue weighted by Crippen LogP contribution is 2.42. The van der Waals surface area contributed by atoms with Gasteiger partial charge in [-0.15, -0.1) is 11.3 Å². The van der Waals surface area contributed by atoms with Crippen molar-refractivity contribution >= 4 is 33.3 Å². The molecule has 1 amide bonds. The quantitative estimate of drug-likeness (QED) is 0.747. The van der Waals surface area contributed by atoms with Crippen molar-refractivity contribution < 1.29 is 4.79 Å². The maximum Gasteiger partial charge on any atom is 0.225 e. The van der Waals surface area contributed by atoms with Crippen LogP contribution >= 0.6 is 11.3 Å². The first-order valence-corrected chi connectivity index (χ1v) is 12.2. The van der Waals surface area contributed by atoms with E-state index in [2.05, 4.69) is 30.6 Å². The zero-order chi connectivity index (χ0) is 20.1. The number of anilines is 1. The molecule has 2 fully saturated rings. The van der Waals surface area contributed by atoms with Gasteiger partial charge in [0.15, 0.2) is 0 Å². The van der Waals surface area contributed by atoms with E-state index in [-0.39, 0.29) is 0 Å². The molecule has 0 radical (unpaired) electrons. The van der Waals surface area contributed by atoms with Gasteiger partial charge in [0.05, 0.1) is 5.39 Å². The van der Waals surface area contributed by atoms with E-state index in [1.165, 1.54) is 33.5 Å². The highest BCUT2D eigenvalue weighted by Gasteiger charge is 2.35. The molecule has 6 heteroatoms. The van der Waals surface area contributed by atoms with Crippen LogP contribution in [0.3, 0.4) is 0 Å². The third-order valence-electron chi connectivity index (χ3n) is 7.02. The van der Waals surface area contributed by atoms with Gasteiger partial charge >= 0.3 is 0 Å². The average molecular weight is 413 g/mol. The maximum absolute atomic E-state index is 12.5. The lowest BCUT2D eigenvalue weighted by Crippen LogP contribution is -2.49. The molecule has 5 nitrogen and oxygen atoms in total. The topological polar surface area (TPSA) is 49.3 Å². The molecule has 3 heterocycles. The summed E-state index contributed by atoms with van der Waals surface area (Å²) in [6, 6.07) is 0. The first-order valence-electron chi connectivity index (χ1n) is 11.4. The fourth-order valence-electron chi connectivity index (χ4n) is 4.70. The fourth-order valence-corrected chi connectivity index (χ4v) is 6.08. The van der Waals surface area contributed by atoms with Crippen molar-refractivity contribution in [1.29, 1.82) is 0 Å². The van der Waals surface area contributed by atoms with Crippen LogP contribution in [0, 0.1) is 11.8 Å². The van der Waals surface area contributed by atoms with Crippen LogP contribution in [0.25, 0.3) is 10.2 Å². The first-order chi connectivity index (χ1) is 14.0. The number of fused-ring (bicyclic) bond motifs is 3. The Kier molecular flexibility index (Phi) is 5.01. The lowest BCUT2D eigenvalue weighted by atomic mass is 9.89. The second kappa shape index (κ2) is 7.53. The summed E-state index contributed by atoms with van der Waals surface area (Å²) < 4.78 is 0. The summed E-state index contributed by atoms with van der Waals surface area (Å²) >= 11 is 1.90. The summed E-state index contributed by atoms with van der Waals surface area (Å²) in [6.45, 7) is 10.2. The average Bonchev–Trinajstić information content (AvgIpc) is 3.52. The molecule has 0 aromatic carbocycles. The number of amides is 1. The molecule has 2 aromatic rings. The fraction of sp³-hybridized carbons (Fsp3) is 0.696. The summed E-state index contributed by atoms with van der Waals surface area (Å²) in [5.41, 5.74) is 1.50. The number of hydrogen-bond acceptors (Lipinski definition) is 5. The molecular formula is C23H32N4OS. The molecule has 156 valence electrons. The highest BCUT2D eigenvalue weighted by molar-refractivity contribution is 7.19. The molecule has 1 saturated heterocycles. The molecule has 2 aliphatic carbocycles. The van der Waals surface area contributed by atoms with Gasteiger partial charge in [-0.05, 0) is 50.0 Å². The molecule has 2 atom stereocenters. The van der Waals surface area contributed by atoms with Gasteiger partial charge in [0.1, 0.15) is 16.5 Å². The predicted octanol–water partition coefficient (Wildman–Crippen LogP) is 4.39.